The number of aromatic nitrogens is 6. The molecule has 33 heavy (non-hydrogen) atoms. The van der Waals surface area contributed by atoms with Crippen LogP contribution in [0.25, 0.3) is 22.1 Å². The summed E-state index contributed by atoms with van der Waals surface area (Å²) in [5.74, 6) is 0.237. The zero-order valence-electron chi connectivity index (χ0n) is 17.7. The topological polar surface area (TPSA) is 123 Å². The van der Waals surface area contributed by atoms with Crippen LogP contribution in [0.3, 0.4) is 0 Å². The van der Waals surface area contributed by atoms with E-state index in [9.17, 15) is 14.8 Å². The van der Waals surface area contributed by atoms with Gasteiger partial charge in [-0.05, 0) is 30.3 Å². The lowest BCUT2D eigenvalue weighted by Crippen LogP contribution is -2.39. The van der Waals surface area contributed by atoms with Crippen molar-refractivity contribution in [2.75, 3.05) is 0 Å². The Kier molecular flexibility index (Phi) is 4.86. The number of fused-ring (bicyclic) bond motifs is 2. The first-order chi connectivity index (χ1) is 15.9. The van der Waals surface area contributed by atoms with E-state index >= 15 is 0 Å². The summed E-state index contributed by atoms with van der Waals surface area (Å²) in [5.41, 5.74) is 1.55. The van der Waals surface area contributed by atoms with Crippen LogP contribution in [0.4, 0.5) is 0 Å². The third kappa shape index (κ3) is 3.23. The smallest absolute Gasteiger partial charge is 0.332 e. The summed E-state index contributed by atoms with van der Waals surface area (Å²) in [6.45, 7) is 0.0261. The van der Waals surface area contributed by atoms with Crippen molar-refractivity contribution in [1.82, 2.24) is 28.7 Å². The predicted octanol–water partition coefficient (Wildman–Crippen LogP) is 2.24. The molecule has 4 aromatic heterocycles. The average Bonchev–Trinajstić information content (AvgIpc) is 3.39. The normalized spacial score (nSPS) is 12.2. The molecule has 0 amide bonds. The predicted molar refractivity (Wildman–Crippen MR) is 124 cm³/mol. The summed E-state index contributed by atoms with van der Waals surface area (Å²) in [6, 6.07) is 10.6. The van der Waals surface area contributed by atoms with Crippen LogP contribution < -0.4 is 11.2 Å². The van der Waals surface area contributed by atoms with Crippen molar-refractivity contribution in [3.8, 4) is 0 Å². The second-order valence-electron chi connectivity index (χ2n) is 7.58. The molecule has 0 aliphatic carbocycles. The minimum atomic E-state index is -0.520. The van der Waals surface area contributed by atoms with Crippen molar-refractivity contribution in [3.05, 3.63) is 91.7 Å². The Morgan fingerprint density at radius 1 is 1.15 bits per heavy atom. The number of oxime groups is 1. The summed E-state index contributed by atoms with van der Waals surface area (Å²) < 4.78 is 3.96. The molecule has 166 valence electrons. The van der Waals surface area contributed by atoms with E-state index in [4.69, 9.17) is 11.6 Å². The van der Waals surface area contributed by atoms with Gasteiger partial charge in [0.15, 0.2) is 22.7 Å². The van der Waals surface area contributed by atoms with Crippen LogP contribution in [0.15, 0.2) is 63.5 Å². The Bertz CT molecular complexity index is 1680. The maximum atomic E-state index is 13.4. The average molecular weight is 464 g/mol. The van der Waals surface area contributed by atoms with Crippen LogP contribution in [-0.4, -0.2) is 39.6 Å². The first kappa shape index (κ1) is 20.7. The summed E-state index contributed by atoms with van der Waals surface area (Å²) in [4.78, 5) is 38.1. The second-order valence-corrected chi connectivity index (χ2v) is 7.99. The molecular weight excluding hydrogens is 446 g/mol. The van der Waals surface area contributed by atoms with Gasteiger partial charge in [-0.2, -0.15) is 0 Å². The van der Waals surface area contributed by atoms with Crippen molar-refractivity contribution in [1.29, 1.82) is 0 Å². The SMILES string of the molecule is Cn1c(/C(=N/O)c2ccncc2)nc2c1c(=O)n(Cc1cc3c(Cl)cccc3[nH]1)c(=O)n2C. The zero-order chi connectivity index (χ0) is 23.3. The number of pyridine rings is 1. The third-order valence-electron chi connectivity index (χ3n) is 5.62. The van der Waals surface area contributed by atoms with Crippen LogP contribution >= 0.6 is 11.6 Å². The van der Waals surface area contributed by atoms with Crippen molar-refractivity contribution in [3.63, 3.8) is 0 Å². The van der Waals surface area contributed by atoms with E-state index < -0.39 is 11.2 Å². The fourth-order valence-electron chi connectivity index (χ4n) is 3.97. The molecule has 1 aromatic carbocycles. The molecule has 0 aliphatic heterocycles. The zero-order valence-corrected chi connectivity index (χ0v) is 18.4. The number of H-pyrrole nitrogens is 1. The van der Waals surface area contributed by atoms with Gasteiger partial charge in [-0.3, -0.25) is 18.9 Å². The number of hydrogen-bond acceptors (Lipinski definition) is 6. The van der Waals surface area contributed by atoms with Gasteiger partial charge in [-0.1, -0.05) is 22.8 Å². The van der Waals surface area contributed by atoms with Gasteiger partial charge in [0.05, 0.1) is 6.54 Å². The van der Waals surface area contributed by atoms with Crippen molar-refractivity contribution >= 4 is 39.4 Å². The van der Waals surface area contributed by atoms with Gasteiger partial charge in [-0.15, -0.1) is 0 Å². The van der Waals surface area contributed by atoms with Crippen LogP contribution in [-0.2, 0) is 20.6 Å². The van der Waals surface area contributed by atoms with Crippen LogP contribution in [0, 0.1) is 0 Å². The fourth-order valence-corrected chi connectivity index (χ4v) is 4.20. The molecule has 5 aromatic rings. The maximum Gasteiger partial charge on any atom is 0.332 e. The van der Waals surface area contributed by atoms with E-state index in [1.165, 1.54) is 9.13 Å². The summed E-state index contributed by atoms with van der Waals surface area (Å²) >= 11 is 6.26. The van der Waals surface area contributed by atoms with E-state index in [0.717, 1.165) is 15.5 Å². The fraction of sp³-hybridized carbons (Fsp3) is 0.136. The molecule has 0 fully saturated rings. The van der Waals surface area contributed by atoms with E-state index in [1.54, 1.807) is 44.7 Å². The number of imidazole rings is 1. The van der Waals surface area contributed by atoms with Gasteiger partial charge in [0.25, 0.3) is 5.56 Å². The van der Waals surface area contributed by atoms with Crippen molar-refractivity contribution in [2.45, 2.75) is 6.54 Å². The highest BCUT2D eigenvalue weighted by atomic mass is 35.5. The van der Waals surface area contributed by atoms with Crippen molar-refractivity contribution < 1.29 is 5.21 Å². The van der Waals surface area contributed by atoms with E-state index in [1.807, 2.05) is 18.2 Å². The lowest BCUT2D eigenvalue weighted by Gasteiger charge is -2.08. The van der Waals surface area contributed by atoms with E-state index in [0.29, 0.717) is 16.3 Å². The van der Waals surface area contributed by atoms with Gasteiger partial charge in [0.1, 0.15) is 0 Å². The molecule has 11 heteroatoms. The third-order valence-corrected chi connectivity index (χ3v) is 5.95. The molecule has 0 radical (unpaired) electrons. The number of aromatic amines is 1. The summed E-state index contributed by atoms with van der Waals surface area (Å²) in [7, 11) is 3.18. The number of nitrogens with zero attached hydrogens (tertiary/aromatic N) is 6. The number of rotatable bonds is 4. The van der Waals surface area contributed by atoms with Gasteiger partial charge >= 0.3 is 5.69 Å². The number of aryl methyl sites for hydroxylation is 2. The van der Waals surface area contributed by atoms with E-state index in [2.05, 4.69) is 20.1 Å². The molecule has 0 saturated heterocycles. The molecule has 0 unspecified atom stereocenters. The van der Waals surface area contributed by atoms with Crippen LogP contribution in [0.5, 0.6) is 0 Å². The number of nitrogens with one attached hydrogen (secondary N) is 1. The highest BCUT2D eigenvalue weighted by molar-refractivity contribution is 6.35. The maximum absolute atomic E-state index is 13.4. The minimum absolute atomic E-state index is 0.0261. The standard InChI is InChI=1S/C22H18ClN7O3/c1-28-18-20(26-19(28)17(27-33)12-6-8-24-9-7-12)29(2)22(32)30(21(18)31)11-13-10-14-15(23)4-3-5-16(14)25-13/h3-10,25,33H,11H2,1-2H3/b27-17+. The molecule has 4 heterocycles. The molecule has 0 atom stereocenters. The highest BCUT2D eigenvalue weighted by Crippen LogP contribution is 2.24. The second kappa shape index (κ2) is 7.75. The lowest BCUT2D eigenvalue weighted by atomic mass is 10.1. The number of halogens is 1. The quantitative estimate of drug-likeness (QED) is 0.240. The van der Waals surface area contributed by atoms with Gasteiger partial charge in [0.2, 0.25) is 0 Å². The Labute approximate surface area is 191 Å². The number of hydrogen-bond donors (Lipinski definition) is 2. The molecule has 0 bridgehead atoms. The Morgan fingerprint density at radius 3 is 2.61 bits per heavy atom. The molecule has 5 rings (SSSR count). The first-order valence-electron chi connectivity index (χ1n) is 9.96. The Hall–Kier alpha value is -4.18. The van der Waals surface area contributed by atoms with Gasteiger partial charge < -0.3 is 14.8 Å². The van der Waals surface area contributed by atoms with Crippen LogP contribution in [0.2, 0.25) is 5.02 Å². The first-order valence-corrected chi connectivity index (χ1v) is 10.3. The van der Waals surface area contributed by atoms with Crippen LogP contribution in [0.1, 0.15) is 17.1 Å². The van der Waals surface area contributed by atoms with Gasteiger partial charge in [0, 0.05) is 53.7 Å². The van der Waals surface area contributed by atoms with E-state index in [-0.39, 0.29) is 29.2 Å². The van der Waals surface area contributed by atoms with Crippen molar-refractivity contribution in [2.24, 2.45) is 19.3 Å². The molecule has 0 aliphatic rings. The molecule has 2 N–H and O–H groups in total. The lowest BCUT2D eigenvalue weighted by molar-refractivity contribution is 0.319. The highest BCUT2D eigenvalue weighted by Gasteiger charge is 2.22. The molecule has 10 nitrogen and oxygen atoms in total. The van der Waals surface area contributed by atoms with Gasteiger partial charge in [-0.25, -0.2) is 9.78 Å². The monoisotopic (exact) mass is 463 g/mol. The summed E-state index contributed by atoms with van der Waals surface area (Å²) in [6.07, 6.45) is 3.11. The Balaban J connectivity index is 1.69. The Morgan fingerprint density at radius 2 is 1.91 bits per heavy atom. The summed E-state index contributed by atoms with van der Waals surface area (Å²) in [5, 5.41) is 14.4. The molecule has 0 saturated carbocycles. The molecular formula is C22H18ClN7O3. The number of benzene rings is 1. The largest absolute Gasteiger partial charge is 0.410 e. The minimum Gasteiger partial charge on any atom is -0.410 e. The molecule has 0 spiro atoms.